The van der Waals surface area contributed by atoms with Gasteiger partial charge in [0.1, 0.15) is 11.9 Å². The molecule has 4 heteroatoms. The average molecular weight is 287 g/mol. The Bertz CT molecular complexity index is 535. The molecule has 21 heavy (non-hydrogen) atoms. The number of phenolic OH excluding ortho intramolecular Hbond substituents is 1. The average Bonchev–Trinajstić information content (AvgIpc) is 2.93. The predicted molar refractivity (Wildman–Crippen MR) is 81.1 cm³/mol. The van der Waals surface area contributed by atoms with E-state index in [-0.39, 0.29) is 23.9 Å². The van der Waals surface area contributed by atoms with E-state index in [1.165, 1.54) is 25.3 Å². The van der Waals surface area contributed by atoms with Crippen molar-refractivity contribution in [1.82, 2.24) is 0 Å². The van der Waals surface area contributed by atoms with Gasteiger partial charge in [0.25, 0.3) is 0 Å². The van der Waals surface area contributed by atoms with Gasteiger partial charge in [0, 0.05) is 6.08 Å². The fraction of sp³-hybridized carbons (Fsp3) is 0.471. The molecule has 0 unspecified atom stereocenters. The lowest BCUT2D eigenvalue weighted by Gasteiger charge is -2.34. The van der Waals surface area contributed by atoms with Crippen LogP contribution in [0.2, 0.25) is 0 Å². The number of esters is 1. The lowest BCUT2D eigenvalue weighted by molar-refractivity contribution is -0.139. The first-order valence-corrected chi connectivity index (χ1v) is 7.67. The predicted octanol–water partition coefficient (Wildman–Crippen LogP) is 3.23. The van der Waals surface area contributed by atoms with Gasteiger partial charge in [-0.1, -0.05) is 31.4 Å². The summed E-state index contributed by atoms with van der Waals surface area (Å²) >= 11 is 0. The van der Waals surface area contributed by atoms with Crippen LogP contribution < -0.4 is 5.32 Å². The normalized spacial score (nSPS) is 23.8. The van der Waals surface area contributed by atoms with Crippen LogP contribution in [0.4, 0.5) is 5.69 Å². The standard InChI is InChI=1S/C17H21NO3/c19-14-9-5-4-8-13(14)18-17(12-6-2-1-3-7-12)15-10-11-16(20)21-15/h4-5,8-12,15,17-19H,1-3,6-7H2/t15-,17+/m1/s1. The minimum Gasteiger partial charge on any atom is -0.506 e. The van der Waals surface area contributed by atoms with Gasteiger partial charge in [-0.25, -0.2) is 4.79 Å². The van der Waals surface area contributed by atoms with Crippen molar-refractivity contribution in [2.75, 3.05) is 5.32 Å². The number of aromatic hydroxyl groups is 1. The first-order valence-electron chi connectivity index (χ1n) is 7.67. The molecule has 1 heterocycles. The van der Waals surface area contributed by atoms with Crippen molar-refractivity contribution >= 4 is 11.7 Å². The van der Waals surface area contributed by atoms with Gasteiger partial charge in [-0.3, -0.25) is 0 Å². The summed E-state index contributed by atoms with van der Waals surface area (Å²) < 4.78 is 5.39. The van der Waals surface area contributed by atoms with E-state index in [0.717, 1.165) is 12.8 Å². The maximum atomic E-state index is 11.4. The van der Waals surface area contributed by atoms with Gasteiger partial charge < -0.3 is 15.2 Å². The Morgan fingerprint density at radius 3 is 2.62 bits per heavy atom. The molecule has 0 bridgehead atoms. The summed E-state index contributed by atoms with van der Waals surface area (Å²) in [6.07, 6.45) is 9.05. The SMILES string of the molecule is O=C1C=C[C@H]([C@@H](Nc2ccccc2O)C2CCCCC2)O1. The van der Waals surface area contributed by atoms with Gasteiger partial charge in [-0.05, 0) is 37.0 Å². The molecule has 0 radical (unpaired) electrons. The molecule has 0 saturated heterocycles. The Morgan fingerprint density at radius 1 is 1.19 bits per heavy atom. The molecular formula is C17H21NO3. The third-order valence-corrected chi connectivity index (χ3v) is 4.41. The molecule has 1 fully saturated rings. The summed E-state index contributed by atoms with van der Waals surface area (Å²) in [4.78, 5) is 11.4. The first kappa shape index (κ1) is 14.0. The molecule has 0 aromatic heterocycles. The summed E-state index contributed by atoms with van der Waals surface area (Å²) in [6.45, 7) is 0. The quantitative estimate of drug-likeness (QED) is 0.659. The number of hydrogen-bond acceptors (Lipinski definition) is 4. The van der Waals surface area contributed by atoms with Crippen LogP contribution in [-0.4, -0.2) is 23.2 Å². The maximum Gasteiger partial charge on any atom is 0.331 e. The van der Waals surface area contributed by atoms with E-state index in [2.05, 4.69) is 5.32 Å². The van der Waals surface area contributed by atoms with Crippen LogP contribution in [0.5, 0.6) is 5.75 Å². The number of cyclic esters (lactones) is 1. The zero-order valence-electron chi connectivity index (χ0n) is 12.0. The molecule has 1 aromatic carbocycles. The summed E-state index contributed by atoms with van der Waals surface area (Å²) in [5.41, 5.74) is 0.699. The number of anilines is 1. The molecule has 1 aliphatic carbocycles. The van der Waals surface area contributed by atoms with E-state index >= 15 is 0 Å². The Kier molecular flexibility index (Phi) is 4.13. The Labute approximate surface area is 124 Å². The monoisotopic (exact) mass is 287 g/mol. The zero-order chi connectivity index (χ0) is 14.7. The Hall–Kier alpha value is -1.97. The number of rotatable bonds is 4. The molecule has 4 nitrogen and oxygen atoms in total. The maximum absolute atomic E-state index is 11.4. The van der Waals surface area contributed by atoms with Crippen molar-refractivity contribution in [2.45, 2.75) is 44.2 Å². The van der Waals surface area contributed by atoms with Crippen LogP contribution >= 0.6 is 0 Å². The fourth-order valence-electron chi connectivity index (χ4n) is 3.32. The number of ether oxygens (including phenoxy) is 1. The molecule has 0 amide bonds. The van der Waals surface area contributed by atoms with E-state index in [4.69, 9.17) is 4.74 Å². The van der Waals surface area contributed by atoms with Crippen LogP contribution in [0, 0.1) is 5.92 Å². The van der Waals surface area contributed by atoms with Crippen molar-refractivity contribution in [3.63, 3.8) is 0 Å². The molecular weight excluding hydrogens is 266 g/mol. The van der Waals surface area contributed by atoms with Crippen LogP contribution in [0.25, 0.3) is 0 Å². The van der Waals surface area contributed by atoms with Crippen LogP contribution in [-0.2, 0) is 9.53 Å². The topological polar surface area (TPSA) is 58.6 Å². The lowest BCUT2D eigenvalue weighted by Crippen LogP contribution is -2.41. The van der Waals surface area contributed by atoms with Crippen LogP contribution in [0.1, 0.15) is 32.1 Å². The fourth-order valence-corrected chi connectivity index (χ4v) is 3.32. The molecule has 3 rings (SSSR count). The van der Waals surface area contributed by atoms with Crippen molar-refractivity contribution in [3.8, 4) is 5.75 Å². The van der Waals surface area contributed by atoms with E-state index in [1.54, 1.807) is 12.1 Å². The smallest absolute Gasteiger partial charge is 0.331 e. The third kappa shape index (κ3) is 3.20. The Balaban J connectivity index is 1.80. The number of carbonyl (C=O) groups excluding carboxylic acids is 1. The number of nitrogens with one attached hydrogen (secondary N) is 1. The van der Waals surface area contributed by atoms with Gasteiger partial charge >= 0.3 is 5.97 Å². The zero-order valence-corrected chi connectivity index (χ0v) is 12.0. The van der Waals surface area contributed by atoms with Crippen LogP contribution in [0.3, 0.4) is 0 Å². The molecule has 1 saturated carbocycles. The van der Waals surface area contributed by atoms with Crippen molar-refractivity contribution < 1.29 is 14.6 Å². The van der Waals surface area contributed by atoms with E-state index in [9.17, 15) is 9.90 Å². The van der Waals surface area contributed by atoms with Crippen molar-refractivity contribution in [1.29, 1.82) is 0 Å². The van der Waals surface area contributed by atoms with Crippen LogP contribution in [0.15, 0.2) is 36.4 Å². The molecule has 112 valence electrons. The number of benzene rings is 1. The third-order valence-electron chi connectivity index (χ3n) is 4.41. The highest BCUT2D eigenvalue weighted by Gasteiger charge is 2.34. The van der Waals surface area contributed by atoms with E-state index in [0.29, 0.717) is 11.6 Å². The second kappa shape index (κ2) is 6.20. The minimum absolute atomic E-state index is 0.0151. The molecule has 2 aliphatic rings. The van der Waals surface area contributed by atoms with Crippen molar-refractivity contribution in [2.24, 2.45) is 5.92 Å². The molecule has 2 N–H and O–H groups in total. The van der Waals surface area contributed by atoms with Gasteiger partial charge in [0.15, 0.2) is 0 Å². The number of hydrogen-bond donors (Lipinski definition) is 2. The molecule has 0 spiro atoms. The van der Waals surface area contributed by atoms with Gasteiger partial charge in [0.2, 0.25) is 0 Å². The van der Waals surface area contributed by atoms with E-state index in [1.807, 2.05) is 18.2 Å². The number of phenols is 1. The second-order valence-corrected chi connectivity index (χ2v) is 5.85. The highest BCUT2D eigenvalue weighted by molar-refractivity contribution is 5.84. The van der Waals surface area contributed by atoms with Gasteiger partial charge in [-0.2, -0.15) is 0 Å². The van der Waals surface area contributed by atoms with Crippen molar-refractivity contribution in [3.05, 3.63) is 36.4 Å². The number of para-hydroxylation sites is 2. The Morgan fingerprint density at radius 2 is 1.95 bits per heavy atom. The number of carbonyl (C=O) groups is 1. The summed E-state index contributed by atoms with van der Waals surface area (Å²) in [5.74, 6) is 0.408. The summed E-state index contributed by atoms with van der Waals surface area (Å²) in [6, 6.07) is 7.21. The summed E-state index contributed by atoms with van der Waals surface area (Å²) in [5, 5.41) is 13.4. The van der Waals surface area contributed by atoms with E-state index < -0.39 is 0 Å². The summed E-state index contributed by atoms with van der Waals surface area (Å²) in [7, 11) is 0. The molecule has 2 atom stereocenters. The highest BCUT2D eigenvalue weighted by Crippen LogP contribution is 2.33. The minimum atomic E-state index is -0.278. The largest absolute Gasteiger partial charge is 0.506 e. The van der Waals surface area contributed by atoms with Gasteiger partial charge in [-0.15, -0.1) is 0 Å². The van der Waals surface area contributed by atoms with Gasteiger partial charge in [0.05, 0.1) is 11.7 Å². The second-order valence-electron chi connectivity index (χ2n) is 5.85. The molecule has 1 aliphatic heterocycles. The molecule has 1 aromatic rings. The lowest BCUT2D eigenvalue weighted by atomic mass is 9.81. The first-order chi connectivity index (χ1) is 10.2. The highest BCUT2D eigenvalue weighted by atomic mass is 16.5.